The summed E-state index contributed by atoms with van der Waals surface area (Å²) in [7, 11) is -2.79. The second kappa shape index (κ2) is 4.39. The Morgan fingerprint density at radius 3 is 2.85 bits per heavy atom. The average Bonchev–Trinajstić information content (AvgIpc) is 2.02. The zero-order valence-corrected chi connectivity index (χ0v) is 8.81. The second-order valence-electron chi connectivity index (χ2n) is 3.76. The molecule has 1 aliphatic heterocycles. The van der Waals surface area contributed by atoms with Gasteiger partial charge in [-0.15, -0.1) is 0 Å². The maximum Gasteiger partial charge on any atom is 0.151 e. The smallest absolute Gasteiger partial charge is 0.151 e. The topological polar surface area (TPSA) is 72.2 Å². The van der Waals surface area contributed by atoms with E-state index in [0.29, 0.717) is 12.3 Å². The molecule has 4 nitrogen and oxygen atoms in total. The van der Waals surface area contributed by atoms with E-state index < -0.39 is 9.84 Å². The fraction of sp³-hybridized carbons (Fsp3) is 1.00. The monoisotopic (exact) mass is 206 g/mol. The third kappa shape index (κ3) is 3.62. The summed E-state index contributed by atoms with van der Waals surface area (Å²) in [5.41, 5.74) is 5.44. The summed E-state index contributed by atoms with van der Waals surface area (Å²) in [6.45, 7) is 2.53. The van der Waals surface area contributed by atoms with Crippen LogP contribution in [0, 0.1) is 0 Å². The number of hydrogen-bond acceptors (Lipinski definition) is 4. The van der Waals surface area contributed by atoms with E-state index in [1.807, 2.05) is 6.92 Å². The highest BCUT2D eigenvalue weighted by atomic mass is 32.2. The van der Waals surface area contributed by atoms with Crippen LogP contribution in [0.4, 0.5) is 0 Å². The molecule has 0 spiro atoms. The summed E-state index contributed by atoms with van der Waals surface area (Å²) in [4.78, 5) is 0. The molecule has 0 aromatic rings. The van der Waals surface area contributed by atoms with Crippen molar-refractivity contribution >= 4 is 9.84 Å². The molecule has 1 fully saturated rings. The molecule has 0 aromatic carbocycles. The standard InChI is InChI=1S/C8H18N2O2S/c1-7(5-9)10-8-3-2-4-13(11,12)6-8/h7-8,10H,2-6,9H2,1H3. The molecular weight excluding hydrogens is 188 g/mol. The number of nitrogens with two attached hydrogens (primary N) is 1. The van der Waals surface area contributed by atoms with Crippen molar-refractivity contribution in [2.45, 2.75) is 31.8 Å². The van der Waals surface area contributed by atoms with Crippen molar-refractivity contribution in [2.24, 2.45) is 5.73 Å². The van der Waals surface area contributed by atoms with Gasteiger partial charge in [0, 0.05) is 18.6 Å². The predicted molar refractivity (Wildman–Crippen MR) is 53.3 cm³/mol. The Bertz CT molecular complexity index is 251. The lowest BCUT2D eigenvalue weighted by Crippen LogP contribution is -2.46. The van der Waals surface area contributed by atoms with Gasteiger partial charge < -0.3 is 11.1 Å². The van der Waals surface area contributed by atoms with Crippen LogP contribution in [0.2, 0.25) is 0 Å². The minimum absolute atomic E-state index is 0.109. The third-order valence-electron chi connectivity index (χ3n) is 2.34. The fourth-order valence-corrected chi connectivity index (χ4v) is 3.27. The molecule has 0 bridgehead atoms. The molecule has 1 rings (SSSR count). The van der Waals surface area contributed by atoms with E-state index in [9.17, 15) is 8.42 Å². The van der Waals surface area contributed by atoms with Crippen LogP contribution in [0.3, 0.4) is 0 Å². The van der Waals surface area contributed by atoms with Crippen molar-refractivity contribution in [3.63, 3.8) is 0 Å². The van der Waals surface area contributed by atoms with Crippen molar-refractivity contribution in [2.75, 3.05) is 18.1 Å². The first-order valence-corrected chi connectivity index (χ1v) is 6.52. The van der Waals surface area contributed by atoms with Crippen LogP contribution < -0.4 is 11.1 Å². The maximum absolute atomic E-state index is 11.3. The van der Waals surface area contributed by atoms with E-state index in [-0.39, 0.29) is 17.8 Å². The Morgan fingerprint density at radius 2 is 2.31 bits per heavy atom. The lowest BCUT2D eigenvalue weighted by molar-refractivity contribution is 0.433. The minimum Gasteiger partial charge on any atom is -0.329 e. The van der Waals surface area contributed by atoms with Gasteiger partial charge in [0.05, 0.1) is 11.5 Å². The van der Waals surface area contributed by atoms with E-state index in [2.05, 4.69) is 5.32 Å². The van der Waals surface area contributed by atoms with E-state index in [1.165, 1.54) is 0 Å². The molecule has 1 heterocycles. The summed E-state index contributed by atoms with van der Waals surface area (Å²) < 4.78 is 22.5. The molecule has 0 aromatic heterocycles. The summed E-state index contributed by atoms with van der Waals surface area (Å²) >= 11 is 0. The quantitative estimate of drug-likeness (QED) is 0.653. The summed E-state index contributed by atoms with van der Waals surface area (Å²) in [5.74, 6) is 0.625. The summed E-state index contributed by atoms with van der Waals surface area (Å²) in [6, 6.07) is 0.315. The molecule has 0 amide bonds. The third-order valence-corrected chi connectivity index (χ3v) is 4.16. The molecular formula is C8H18N2O2S. The van der Waals surface area contributed by atoms with Crippen molar-refractivity contribution in [1.29, 1.82) is 0 Å². The van der Waals surface area contributed by atoms with Gasteiger partial charge in [-0.3, -0.25) is 0 Å². The van der Waals surface area contributed by atoms with E-state index in [1.54, 1.807) is 0 Å². The predicted octanol–water partition coefficient (Wildman–Crippen LogP) is -0.500. The lowest BCUT2D eigenvalue weighted by Gasteiger charge is -2.25. The maximum atomic E-state index is 11.3. The first-order valence-electron chi connectivity index (χ1n) is 4.70. The van der Waals surface area contributed by atoms with Crippen LogP contribution >= 0.6 is 0 Å². The van der Waals surface area contributed by atoms with Crippen LogP contribution in [0.1, 0.15) is 19.8 Å². The Morgan fingerprint density at radius 1 is 1.62 bits per heavy atom. The van der Waals surface area contributed by atoms with Crippen LogP contribution in [0.15, 0.2) is 0 Å². The molecule has 1 aliphatic rings. The molecule has 2 unspecified atom stereocenters. The fourth-order valence-electron chi connectivity index (χ4n) is 1.62. The highest BCUT2D eigenvalue weighted by Crippen LogP contribution is 2.12. The zero-order chi connectivity index (χ0) is 9.90. The molecule has 0 radical (unpaired) electrons. The minimum atomic E-state index is -2.79. The molecule has 2 atom stereocenters. The zero-order valence-electron chi connectivity index (χ0n) is 7.99. The molecule has 5 heteroatoms. The first-order chi connectivity index (χ1) is 6.03. The van der Waals surface area contributed by atoms with E-state index in [0.717, 1.165) is 12.8 Å². The Labute approximate surface area is 79.8 Å². The van der Waals surface area contributed by atoms with Crippen molar-refractivity contribution in [1.82, 2.24) is 5.32 Å². The molecule has 3 N–H and O–H groups in total. The Kier molecular flexibility index (Phi) is 3.70. The van der Waals surface area contributed by atoms with Gasteiger partial charge in [0.1, 0.15) is 0 Å². The van der Waals surface area contributed by atoms with Gasteiger partial charge in [0.25, 0.3) is 0 Å². The highest BCUT2D eigenvalue weighted by molar-refractivity contribution is 7.91. The number of rotatable bonds is 3. The van der Waals surface area contributed by atoms with Gasteiger partial charge in [-0.25, -0.2) is 8.42 Å². The molecule has 0 aliphatic carbocycles. The van der Waals surface area contributed by atoms with Gasteiger partial charge in [0.15, 0.2) is 9.84 Å². The Balaban J connectivity index is 2.43. The number of sulfone groups is 1. The normalized spacial score (nSPS) is 29.8. The second-order valence-corrected chi connectivity index (χ2v) is 5.99. The van der Waals surface area contributed by atoms with Gasteiger partial charge in [-0.1, -0.05) is 0 Å². The van der Waals surface area contributed by atoms with Crippen molar-refractivity contribution in [3.8, 4) is 0 Å². The molecule has 1 saturated heterocycles. The largest absolute Gasteiger partial charge is 0.329 e. The summed E-state index contributed by atoms with van der Waals surface area (Å²) in [5, 5.41) is 3.22. The van der Waals surface area contributed by atoms with Crippen LogP contribution in [0.5, 0.6) is 0 Å². The van der Waals surface area contributed by atoms with Crippen molar-refractivity contribution < 1.29 is 8.42 Å². The number of hydrogen-bond donors (Lipinski definition) is 2. The van der Waals surface area contributed by atoms with E-state index in [4.69, 9.17) is 5.73 Å². The van der Waals surface area contributed by atoms with E-state index >= 15 is 0 Å². The van der Waals surface area contributed by atoms with Gasteiger partial charge in [0.2, 0.25) is 0 Å². The Hall–Kier alpha value is -0.130. The number of nitrogens with one attached hydrogen (secondary N) is 1. The highest BCUT2D eigenvalue weighted by Gasteiger charge is 2.24. The lowest BCUT2D eigenvalue weighted by atomic mass is 10.1. The SMILES string of the molecule is CC(CN)NC1CCCS(=O)(=O)C1. The first kappa shape index (κ1) is 10.9. The van der Waals surface area contributed by atoms with Crippen molar-refractivity contribution in [3.05, 3.63) is 0 Å². The van der Waals surface area contributed by atoms with Crippen LogP contribution in [-0.2, 0) is 9.84 Å². The van der Waals surface area contributed by atoms with Crippen LogP contribution in [-0.4, -0.2) is 38.6 Å². The van der Waals surface area contributed by atoms with Gasteiger partial charge >= 0.3 is 0 Å². The molecule has 78 valence electrons. The average molecular weight is 206 g/mol. The van der Waals surface area contributed by atoms with Crippen LogP contribution in [0.25, 0.3) is 0 Å². The van der Waals surface area contributed by atoms with Gasteiger partial charge in [-0.05, 0) is 19.8 Å². The molecule has 13 heavy (non-hydrogen) atoms. The molecule has 0 saturated carbocycles. The summed E-state index contributed by atoms with van der Waals surface area (Å²) in [6.07, 6.45) is 1.72. The van der Waals surface area contributed by atoms with Gasteiger partial charge in [-0.2, -0.15) is 0 Å².